The van der Waals surface area contributed by atoms with E-state index in [2.05, 4.69) is 37.3 Å². The third-order valence-electron chi connectivity index (χ3n) is 5.80. The molecule has 0 atom stereocenters. The Bertz CT molecular complexity index is 1290. The lowest BCUT2D eigenvalue weighted by atomic mass is 10.0. The maximum Gasteiger partial charge on any atom is 0.413 e. The van der Waals surface area contributed by atoms with Crippen LogP contribution in [0.2, 0.25) is 0 Å². The highest BCUT2D eigenvalue weighted by Crippen LogP contribution is 2.33. The number of carbonyl (C=O) groups is 1. The second-order valence-electron chi connectivity index (χ2n) is 8.36. The number of hydrogen-bond acceptors (Lipinski definition) is 8. The van der Waals surface area contributed by atoms with E-state index in [1.807, 2.05) is 36.5 Å². The highest BCUT2D eigenvalue weighted by molar-refractivity contribution is 5.97. The molecule has 0 aliphatic rings. The van der Waals surface area contributed by atoms with Crippen LogP contribution in [0.25, 0.3) is 33.4 Å². The lowest BCUT2D eigenvalue weighted by Gasteiger charge is -2.21. The second kappa shape index (κ2) is 12.9. The summed E-state index contributed by atoms with van der Waals surface area (Å²) in [6.45, 7) is 5.62. The monoisotopic (exact) mass is 504 g/mol. The minimum absolute atomic E-state index is 0.273. The number of imidazole rings is 1. The van der Waals surface area contributed by atoms with Crippen molar-refractivity contribution in [1.82, 2.24) is 24.8 Å². The van der Waals surface area contributed by atoms with Crippen molar-refractivity contribution in [3.05, 3.63) is 60.6 Å². The van der Waals surface area contributed by atoms with Crippen molar-refractivity contribution in [2.24, 2.45) is 0 Å². The number of carbonyl (C=O) groups excluding carboxylic acids is 1. The molecule has 3 heterocycles. The maximum absolute atomic E-state index is 11.9. The summed E-state index contributed by atoms with van der Waals surface area (Å²) in [7, 11) is 3.40. The quantitative estimate of drug-likeness (QED) is 0.293. The Kier molecular flexibility index (Phi) is 9.14. The van der Waals surface area contributed by atoms with Crippen molar-refractivity contribution in [3.8, 4) is 22.4 Å². The topological polar surface area (TPSA) is 114 Å². The van der Waals surface area contributed by atoms with Gasteiger partial charge in [0.1, 0.15) is 0 Å². The van der Waals surface area contributed by atoms with E-state index in [-0.39, 0.29) is 6.61 Å². The molecule has 1 aromatic carbocycles. The van der Waals surface area contributed by atoms with E-state index < -0.39 is 6.09 Å². The summed E-state index contributed by atoms with van der Waals surface area (Å²) in [6.07, 6.45) is 3.05. The fourth-order valence-electron chi connectivity index (χ4n) is 3.96. The number of hydrogen-bond donors (Lipinski definition) is 2. The molecule has 0 saturated carbocycles. The molecule has 0 unspecified atom stereocenters. The smallest absolute Gasteiger partial charge is 0.413 e. The zero-order valence-electron chi connectivity index (χ0n) is 21.4. The van der Waals surface area contributed by atoms with Gasteiger partial charge in [0.15, 0.2) is 0 Å². The van der Waals surface area contributed by atoms with Gasteiger partial charge in [0.2, 0.25) is 5.95 Å². The Morgan fingerprint density at radius 1 is 1.03 bits per heavy atom. The van der Waals surface area contributed by atoms with Crippen LogP contribution in [0, 0.1) is 0 Å². The second-order valence-corrected chi connectivity index (χ2v) is 8.36. The third-order valence-corrected chi connectivity index (χ3v) is 5.80. The highest BCUT2D eigenvalue weighted by Gasteiger charge is 2.15. The van der Waals surface area contributed by atoms with E-state index >= 15 is 0 Å². The number of amides is 1. The highest BCUT2D eigenvalue weighted by atomic mass is 16.5. The summed E-state index contributed by atoms with van der Waals surface area (Å²) in [6, 6.07) is 13.9. The molecule has 0 bridgehead atoms. The Balaban J connectivity index is 1.64. The molecule has 0 spiro atoms. The van der Waals surface area contributed by atoms with Gasteiger partial charge in [0.05, 0.1) is 42.2 Å². The number of nitrogens with zero attached hydrogens (tertiary/aromatic N) is 4. The van der Waals surface area contributed by atoms with Crippen molar-refractivity contribution in [3.63, 3.8) is 0 Å². The van der Waals surface area contributed by atoms with Gasteiger partial charge < -0.3 is 19.2 Å². The average molecular weight is 505 g/mol. The first-order chi connectivity index (χ1) is 18.1. The van der Waals surface area contributed by atoms with E-state index in [0.717, 1.165) is 46.7 Å². The Morgan fingerprint density at radius 3 is 2.49 bits per heavy atom. The summed E-state index contributed by atoms with van der Waals surface area (Å²) in [5.74, 6) is 0.309. The number of methoxy groups -OCH3 is 2. The molecule has 10 heteroatoms. The minimum atomic E-state index is -0.564. The molecule has 0 radical (unpaired) electrons. The lowest BCUT2D eigenvalue weighted by molar-refractivity contribution is 0.109. The van der Waals surface area contributed by atoms with Gasteiger partial charge in [0.25, 0.3) is 0 Å². The predicted molar refractivity (Wildman–Crippen MR) is 142 cm³/mol. The van der Waals surface area contributed by atoms with Gasteiger partial charge in [-0.05, 0) is 42.8 Å². The number of rotatable bonds is 12. The maximum atomic E-state index is 11.9. The average Bonchev–Trinajstić information content (AvgIpc) is 3.32. The normalized spacial score (nSPS) is 11.2. The molecular weight excluding hydrogens is 472 g/mol. The number of aromatic nitrogens is 4. The number of anilines is 1. The molecule has 4 aromatic rings. The number of ether oxygens (including phenoxy) is 3. The van der Waals surface area contributed by atoms with Gasteiger partial charge in [-0.15, -0.1) is 0 Å². The first-order valence-corrected chi connectivity index (χ1v) is 12.2. The van der Waals surface area contributed by atoms with Crippen LogP contribution >= 0.6 is 0 Å². The van der Waals surface area contributed by atoms with Gasteiger partial charge in [-0.2, -0.15) is 0 Å². The molecular formula is C27H32N6O4. The standard InChI is InChI=1S/C27H32N6O4/c1-4-37-27(34)32-26-30-24-16-20(15-22(25(24)31-26)23-7-5-6-10-28-23)19-8-9-21(29-17-19)18-33(11-13-35-2)12-14-36-3/h5-10,15-17H,4,11-14,18H2,1-3H3,(H2,30,31,32,34). The van der Waals surface area contributed by atoms with Crippen molar-refractivity contribution in [2.45, 2.75) is 13.5 Å². The number of aromatic amines is 1. The molecule has 37 heavy (non-hydrogen) atoms. The SMILES string of the molecule is CCOC(=O)Nc1nc2cc(-c3ccc(CN(CCOC)CCOC)nc3)cc(-c3ccccn3)c2[nH]1. The van der Waals surface area contributed by atoms with Gasteiger partial charge in [-0.1, -0.05) is 12.1 Å². The molecule has 2 N–H and O–H groups in total. The van der Waals surface area contributed by atoms with Gasteiger partial charge in [-0.25, -0.2) is 9.78 Å². The number of pyridine rings is 2. The van der Waals surface area contributed by atoms with Gasteiger partial charge in [0, 0.05) is 57.4 Å². The molecule has 0 saturated heterocycles. The molecule has 10 nitrogen and oxygen atoms in total. The molecule has 0 aliphatic heterocycles. The van der Waals surface area contributed by atoms with E-state index in [9.17, 15) is 4.79 Å². The van der Waals surface area contributed by atoms with Gasteiger partial charge >= 0.3 is 6.09 Å². The number of H-pyrrole nitrogens is 1. The van der Waals surface area contributed by atoms with Crippen LogP contribution in [-0.2, 0) is 20.8 Å². The molecule has 3 aromatic heterocycles. The molecule has 194 valence electrons. The summed E-state index contributed by atoms with van der Waals surface area (Å²) in [5, 5.41) is 2.64. The van der Waals surface area contributed by atoms with Crippen LogP contribution in [0.4, 0.5) is 10.7 Å². The van der Waals surface area contributed by atoms with E-state index in [1.165, 1.54) is 0 Å². The van der Waals surface area contributed by atoms with Crippen LogP contribution in [0.5, 0.6) is 0 Å². The number of benzene rings is 1. The van der Waals surface area contributed by atoms with Crippen LogP contribution < -0.4 is 5.32 Å². The van der Waals surface area contributed by atoms with Crippen molar-refractivity contribution < 1.29 is 19.0 Å². The van der Waals surface area contributed by atoms with Crippen LogP contribution in [0.3, 0.4) is 0 Å². The van der Waals surface area contributed by atoms with E-state index in [1.54, 1.807) is 27.3 Å². The van der Waals surface area contributed by atoms with Crippen LogP contribution in [0.15, 0.2) is 54.9 Å². The van der Waals surface area contributed by atoms with Crippen molar-refractivity contribution in [2.75, 3.05) is 52.4 Å². The third kappa shape index (κ3) is 6.88. The summed E-state index contributed by atoms with van der Waals surface area (Å²) >= 11 is 0. The molecule has 1 amide bonds. The summed E-state index contributed by atoms with van der Waals surface area (Å²) in [4.78, 5) is 31.2. The minimum Gasteiger partial charge on any atom is -0.450 e. The lowest BCUT2D eigenvalue weighted by Crippen LogP contribution is -2.30. The first-order valence-electron chi connectivity index (χ1n) is 12.2. The zero-order chi connectivity index (χ0) is 26.0. The number of fused-ring (bicyclic) bond motifs is 1. The molecule has 0 aliphatic carbocycles. The van der Waals surface area contributed by atoms with Gasteiger partial charge in [-0.3, -0.25) is 20.2 Å². The molecule has 0 fully saturated rings. The first kappa shape index (κ1) is 26.2. The predicted octanol–water partition coefficient (Wildman–Crippen LogP) is 4.35. The van der Waals surface area contributed by atoms with E-state index in [4.69, 9.17) is 19.2 Å². The zero-order valence-corrected chi connectivity index (χ0v) is 21.4. The van der Waals surface area contributed by atoms with Crippen molar-refractivity contribution in [1.29, 1.82) is 0 Å². The summed E-state index contributed by atoms with van der Waals surface area (Å²) in [5.41, 5.74) is 5.97. The Labute approximate surface area is 216 Å². The Hall–Kier alpha value is -3.86. The Morgan fingerprint density at radius 2 is 1.84 bits per heavy atom. The summed E-state index contributed by atoms with van der Waals surface area (Å²) < 4.78 is 15.5. The van der Waals surface area contributed by atoms with Crippen molar-refractivity contribution >= 4 is 23.1 Å². The fourth-order valence-corrected chi connectivity index (χ4v) is 3.96. The van der Waals surface area contributed by atoms with E-state index in [0.29, 0.717) is 31.2 Å². The molecule has 4 rings (SSSR count). The van der Waals surface area contributed by atoms with Crippen LogP contribution in [0.1, 0.15) is 12.6 Å². The fraction of sp³-hybridized carbons (Fsp3) is 0.333. The largest absolute Gasteiger partial charge is 0.450 e. The number of nitrogens with one attached hydrogen (secondary N) is 2. The van der Waals surface area contributed by atoms with Crippen LogP contribution in [-0.4, -0.2) is 78.1 Å².